The highest BCUT2D eigenvalue weighted by molar-refractivity contribution is 5.96. The highest BCUT2D eigenvalue weighted by atomic mass is 15.2. The molecule has 24 aromatic carbocycles. The zero-order chi connectivity index (χ0) is 99.5. The lowest BCUT2D eigenvalue weighted by atomic mass is 9.98. The van der Waals surface area contributed by atoms with Crippen LogP contribution in [0, 0.1) is 0 Å². The zero-order valence-corrected chi connectivity index (χ0v) is 82.1. The van der Waals surface area contributed by atoms with Gasteiger partial charge in [0.25, 0.3) is 0 Å². The van der Waals surface area contributed by atoms with Crippen molar-refractivity contribution >= 4 is 68.2 Å². The topological polar surface area (TPSA) is 13.0 Å². The van der Waals surface area contributed by atoms with Gasteiger partial charge in [-0.15, -0.1) is 0 Å². The van der Waals surface area contributed by atoms with Crippen LogP contribution in [0.4, 0.5) is 68.2 Å². The van der Waals surface area contributed by atoms with Crippen LogP contribution >= 0.6 is 0 Å². The summed E-state index contributed by atoms with van der Waals surface area (Å²) in [5.74, 6) is 0. The first-order chi connectivity index (χ1) is 73.4. The van der Waals surface area contributed by atoms with Crippen LogP contribution in [0.2, 0.25) is 0 Å². The SMILES string of the molecule is c1ccc(-c2ccc(N(c3ccc(-c4ccccc4)cc3)c3ccccc3-c3ccccc3)cc2)cc1.c1ccc(-c2ccc(N(c3cccc(-c4ccccc4)c3)c3cccc(-c4ccccc4)c3)cc2)cc1.c1ccc(-c2ccc(N(c3ccccc3-c3ccccc3)c3ccccc3-c3ccccc3)cc2)cc1.c1ccc(-c2cccc(N(c3cccc(-c4ccccc4)c3)c3cccc(-c4ccccc4)c3)c2)cc1. The van der Waals surface area contributed by atoms with Crippen LogP contribution in [0.15, 0.2) is 655 Å². The van der Waals surface area contributed by atoms with E-state index in [1.165, 1.54) is 134 Å². The van der Waals surface area contributed by atoms with Gasteiger partial charge in [0.1, 0.15) is 0 Å². The minimum Gasteiger partial charge on any atom is -0.310 e. The molecule has 0 fully saturated rings. The molecule has 24 rings (SSSR count). The lowest BCUT2D eigenvalue weighted by molar-refractivity contribution is 1.28. The molecular formula is C144H108N4. The van der Waals surface area contributed by atoms with Crippen molar-refractivity contribution in [2.45, 2.75) is 0 Å². The van der Waals surface area contributed by atoms with Crippen molar-refractivity contribution in [3.05, 3.63) is 655 Å². The number of hydrogen-bond acceptors (Lipinski definition) is 4. The van der Waals surface area contributed by atoms with Crippen LogP contribution in [0.25, 0.3) is 134 Å². The Bertz CT molecular complexity index is 7900. The van der Waals surface area contributed by atoms with Crippen LogP contribution in [-0.2, 0) is 0 Å². The maximum atomic E-state index is 2.39. The van der Waals surface area contributed by atoms with Gasteiger partial charge in [0.05, 0.1) is 17.1 Å². The monoisotopic (exact) mass is 1890 g/mol. The summed E-state index contributed by atoms with van der Waals surface area (Å²) in [5, 5.41) is 0. The normalized spacial score (nSPS) is 10.7. The molecule has 0 amide bonds. The van der Waals surface area contributed by atoms with Crippen molar-refractivity contribution < 1.29 is 0 Å². The van der Waals surface area contributed by atoms with Gasteiger partial charge in [-0.25, -0.2) is 0 Å². The van der Waals surface area contributed by atoms with Gasteiger partial charge in [-0.1, -0.05) is 528 Å². The number of benzene rings is 24. The first-order valence-electron chi connectivity index (χ1n) is 50.5. The van der Waals surface area contributed by atoms with Crippen molar-refractivity contribution in [3.8, 4) is 134 Å². The van der Waals surface area contributed by atoms with Crippen molar-refractivity contribution in [1.82, 2.24) is 0 Å². The Morgan fingerprint density at radius 3 is 0.412 bits per heavy atom. The molecule has 0 saturated heterocycles. The minimum absolute atomic E-state index is 1.12. The van der Waals surface area contributed by atoms with E-state index in [-0.39, 0.29) is 0 Å². The molecule has 0 aliphatic heterocycles. The van der Waals surface area contributed by atoms with E-state index in [2.05, 4.69) is 675 Å². The third kappa shape index (κ3) is 22.8. The summed E-state index contributed by atoms with van der Waals surface area (Å²) >= 11 is 0. The summed E-state index contributed by atoms with van der Waals surface area (Å²) in [6.45, 7) is 0. The van der Waals surface area contributed by atoms with Crippen LogP contribution in [-0.4, -0.2) is 0 Å². The Kier molecular flexibility index (Phi) is 30.0. The smallest absolute Gasteiger partial charge is 0.0540 e. The van der Waals surface area contributed by atoms with Crippen molar-refractivity contribution in [1.29, 1.82) is 0 Å². The summed E-state index contributed by atoms with van der Waals surface area (Å²) < 4.78 is 0. The first-order valence-corrected chi connectivity index (χ1v) is 50.5. The van der Waals surface area contributed by atoms with Gasteiger partial charge >= 0.3 is 0 Å². The summed E-state index contributed by atoms with van der Waals surface area (Å²) in [7, 11) is 0. The number of hydrogen-bond donors (Lipinski definition) is 0. The Balaban J connectivity index is 0.000000116. The molecule has 0 bridgehead atoms. The van der Waals surface area contributed by atoms with E-state index in [0.717, 1.165) is 68.2 Å². The van der Waals surface area contributed by atoms with E-state index >= 15 is 0 Å². The highest BCUT2D eigenvalue weighted by Crippen LogP contribution is 2.49. The molecule has 0 atom stereocenters. The number of anilines is 12. The fourth-order valence-corrected chi connectivity index (χ4v) is 19.3. The summed E-state index contributed by atoms with van der Waals surface area (Å²) in [6.07, 6.45) is 0. The lowest BCUT2D eigenvalue weighted by Crippen LogP contribution is -2.12. The van der Waals surface area contributed by atoms with E-state index in [4.69, 9.17) is 0 Å². The minimum atomic E-state index is 1.12. The van der Waals surface area contributed by atoms with Crippen LogP contribution < -0.4 is 19.6 Å². The molecular weight excluding hydrogens is 1790 g/mol. The van der Waals surface area contributed by atoms with E-state index in [1.807, 2.05) is 0 Å². The van der Waals surface area contributed by atoms with Crippen molar-refractivity contribution in [2.75, 3.05) is 19.6 Å². The lowest BCUT2D eigenvalue weighted by Gasteiger charge is -2.30. The molecule has 4 nitrogen and oxygen atoms in total. The predicted octanol–water partition coefficient (Wildman–Crippen LogP) is 40.6. The average Bonchev–Trinajstić information content (AvgIpc) is 0.772. The van der Waals surface area contributed by atoms with Gasteiger partial charge in [-0.3, -0.25) is 0 Å². The number of para-hydroxylation sites is 3. The van der Waals surface area contributed by atoms with Gasteiger partial charge < -0.3 is 19.6 Å². The Morgan fingerprint density at radius 2 is 0.209 bits per heavy atom. The maximum absolute atomic E-state index is 2.39. The zero-order valence-electron chi connectivity index (χ0n) is 82.1. The van der Waals surface area contributed by atoms with E-state index < -0.39 is 0 Å². The van der Waals surface area contributed by atoms with Crippen LogP contribution in [0.3, 0.4) is 0 Å². The van der Waals surface area contributed by atoms with Crippen molar-refractivity contribution in [2.24, 2.45) is 0 Å². The molecule has 24 aromatic rings. The molecule has 0 heterocycles. The molecule has 0 spiro atoms. The molecule has 0 aliphatic rings. The largest absolute Gasteiger partial charge is 0.310 e. The van der Waals surface area contributed by atoms with Crippen LogP contribution in [0.5, 0.6) is 0 Å². The van der Waals surface area contributed by atoms with Crippen molar-refractivity contribution in [3.63, 3.8) is 0 Å². The molecule has 148 heavy (non-hydrogen) atoms. The quantitative estimate of drug-likeness (QED) is 0.0598. The van der Waals surface area contributed by atoms with E-state index in [0.29, 0.717) is 0 Å². The molecule has 0 radical (unpaired) electrons. The third-order valence-electron chi connectivity index (χ3n) is 26.7. The van der Waals surface area contributed by atoms with Gasteiger partial charge in [-0.05, 0) is 244 Å². The molecule has 0 saturated carbocycles. The highest BCUT2D eigenvalue weighted by Gasteiger charge is 2.24. The Morgan fingerprint density at radius 1 is 0.0743 bits per heavy atom. The number of nitrogens with zero attached hydrogens (tertiary/aromatic N) is 4. The Labute approximate surface area is 870 Å². The fourth-order valence-electron chi connectivity index (χ4n) is 19.3. The van der Waals surface area contributed by atoms with Gasteiger partial charge in [0.15, 0.2) is 0 Å². The molecule has 704 valence electrons. The first kappa shape index (κ1) is 94.7. The molecule has 4 heteroatoms. The van der Waals surface area contributed by atoms with Gasteiger partial charge in [0, 0.05) is 67.9 Å². The van der Waals surface area contributed by atoms with E-state index in [9.17, 15) is 0 Å². The standard InChI is InChI=1S/4C36H27N/c1-4-13-28(14-5-1)31-19-10-22-34(25-31)37(35-23-11-20-32(26-35)29-15-6-2-7-16-29)36-24-12-21-33(27-36)30-17-8-3-9-18-30;1-4-14-28(15-5-1)29-24-26-32(27-25-29)37(35-22-12-10-20-33(35)30-16-6-2-7-17-30)36-23-13-11-21-34(36)31-18-8-3-9-19-31;1-4-12-28(13-5-1)31-22-24-34(25-23-31)37(35-20-10-18-32(26-35)29-14-6-2-7-15-29)36-21-11-19-33(27-36)30-16-8-3-9-17-30;1-4-12-28(13-5-1)30-20-24-33(25-21-30)37(34-26-22-31(23-27-34)29-14-6-2-7-15-29)36-19-11-10-18-35(36)32-16-8-3-9-17-32/h4*1-27H. The molecule has 0 N–H and O–H groups in total. The maximum Gasteiger partial charge on any atom is 0.0540 e. The summed E-state index contributed by atoms with van der Waals surface area (Å²) in [4.78, 5) is 9.43. The van der Waals surface area contributed by atoms with Gasteiger partial charge in [-0.2, -0.15) is 0 Å². The fraction of sp³-hybridized carbons (Fsp3) is 0. The number of rotatable bonds is 24. The third-order valence-corrected chi connectivity index (χ3v) is 26.7. The summed E-state index contributed by atoms with van der Waals surface area (Å²) in [6, 6.07) is 232. The second-order valence-corrected chi connectivity index (χ2v) is 36.2. The second-order valence-electron chi connectivity index (χ2n) is 36.2. The molecule has 0 unspecified atom stereocenters. The predicted molar refractivity (Wildman–Crippen MR) is 630 cm³/mol. The van der Waals surface area contributed by atoms with Crippen LogP contribution in [0.1, 0.15) is 0 Å². The Hall–Kier alpha value is -19.5. The summed E-state index contributed by atoms with van der Waals surface area (Å²) in [5.41, 5.74) is 42.4. The second kappa shape index (κ2) is 46.9. The van der Waals surface area contributed by atoms with Gasteiger partial charge in [0.2, 0.25) is 0 Å². The average molecular weight is 1890 g/mol. The molecule has 0 aromatic heterocycles. The van der Waals surface area contributed by atoms with E-state index in [1.54, 1.807) is 0 Å². The molecule has 0 aliphatic carbocycles.